The zero-order chi connectivity index (χ0) is 20.6. The molecule has 1 spiro atoms. The van der Waals surface area contributed by atoms with E-state index in [0.29, 0.717) is 19.3 Å². The van der Waals surface area contributed by atoms with E-state index in [0.717, 1.165) is 37.7 Å². The highest BCUT2D eigenvalue weighted by Crippen LogP contribution is 2.69. The van der Waals surface area contributed by atoms with Crippen LogP contribution in [0.5, 0.6) is 0 Å². The third kappa shape index (κ3) is 2.36. The van der Waals surface area contributed by atoms with E-state index in [1.807, 2.05) is 0 Å². The Hall–Kier alpha value is -1.91. The SMILES string of the molecule is COC(=O)[C@@H]1CC2=CC(=O)CC[C@]2(C)C2=CC[C@@]3(C)[C@H](CC[C@@]34CCC(=O)O4)[C@H]21. The summed E-state index contributed by atoms with van der Waals surface area (Å²) in [6, 6.07) is 0. The number of carbonyl (C=O) groups is 3. The standard InChI is InChI=1S/C24H30O5/c1-22-8-4-15(25)12-14(22)13-16(21(27)28-3)20-17(22)5-9-23(2)18(20)6-10-24(23)11-7-19(26)29-24/h5,12,16,18,20H,4,6-11,13H2,1-3H3/t16-,18-,20+,22+,23+,24-/m1/s1. The highest BCUT2D eigenvalue weighted by molar-refractivity contribution is 5.92. The molecule has 0 bridgehead atoms. The summed E-state index contributed by atoms with van der Waals surface area (Å²) in [4.78, 5) is 37.1. The molecule has 0 aromatic carbocycles. The van der Waals surface area contributed by atoms with E-state index in [1.165, 1.54) is 12.7 Å². The van der Waals surface area contributed by atoms with E-state index in [9.17, 15) is 14.4 Å². The third-order valence-electron chi connectivity index (χ3n) is 9.23. The van der Waals surface area contributed by atoms with Crippen LogP contribution in [0.2, 0.25) is 0 Å². The maximum Gasteiger partial charge on any atom is 0.309 e. The van der Waals surface area contributed by atoms with Crippen LogP contribution in [0, 0.1) is 28.6 Å². The summed E-state index contributed by atoms with van der Waals surface area (Å²) in [6.07, 6.45) is 10.1. The van der Waals surface area contributed by atoms with Crippen LogP contribution in [-0.2, 0) is 23.9 Å². The first-order valence-corrected chi connectivity index (χ1v) is 11.0. The molecule has 1 heterocycles. The van der Waals surface area contributed by atoms with Gasteiger partial charge >= 0.3 is 11.9 Å². The van der Waals surface area contributed by atoms with Gasteiger partial charge in [-0.1, -0.05) is 31.1 Å². The van der Waals surface area contributed by atoms with Gasteiger partial charge in [-0.05, 0) is 56.4 Å². The number of esters is 2. The molecule has 29 heavy (non-hydrogen) atoms. The highest BCUT2D eigenvalue weighted by Gasteiger charge is 2.67. The van der Waals surface area contributed by atoms with Crippen LogP contribution >= 0.6 is 0 Å². The molecule has 0 amide bonds. The monoisotopic (exact) mass is 398 g/mol. The molecule has 5 rings (SSSR count). The van der Waals surface area contributed by atoms with Gasteiger partial charge in [0.15, 0.2) is 5.78 Å². The molecule has 5 heteroatoms. The van der Waals surface area contributed by atoms with Gasteiger partial charge < -0.3 is 9.47 Å². The van der Waals surface area contributed by atoms with Crippen LogP contribution in [-0.4, -0.2) is 30.4 Å². The molecular formula is C24H30O5. The van der Waals surface area contributed by atoms with Gasteiger partial charge in [0, 0.05) is 23.7 Å². The van der Waals surface area contributed by atoms with E-state index < -0.39 is 5.60 Å². The van der Waals surface area contributed by atoms with Crippen molar-refractivity contribution in [2.24, 2.45) is 28.6 Å². The quantitative estimate of drug-likeness (QED) is 0.495. The summed E-state index contributed by atoms with van der Waals surface area (Å²) in [5.41, 5.74) is 1.72. The van der Waals surface area contributed by atoms with E-state index >= 15 is 0 Å². The minimum atomic E-state index is -0.392. The summed E-state index contributed by atoms with van der Waals surface area (Å²) in [5, 5.41) is 0. The number of methoxy groups -OCH3 is 1. The van der Waals surface area contributed by atoms with Gasteiger partial charge in [0.25, 0.3) is 0 Å². The molecule has 0 aromatic rings. The Bertz CT molecular complexity index is 868. The Morgan fingerprint density at radius 2 is 1.97 bits per heavy atom. The minimum absolute atomic E-state index is 0.0854. The second kappa shape index (κ2) is 6.05. The van der Waals surface area contributed by atoms with E-state index in [-0.39, 0.29) is 46.3 Å². The van der Waals surface area contributed by atoms with Crippen molar-refractivity contribution in [2.45, 2.75) is 70.8 Å². The Kier molecular flexibility index (Phi) is 3.98. The lowest BCUT2D eigenvalue weighted by Crippen LogP contribution is -2.53. The van der Waals surface area contributed by atoms with Crippen LogP contribution in [0.15, 0.2) is 23.3 Å². The van der Waals surface area contributed by atoms with Gasteiger partial charge in [0.1, 0.15) is 5.60 Å². The number of carbonyl (C=O) groups excluding carboxylic acids is 3. The van der Waals surface area contributed by atoms with Crippen molar-refractivity contribution in [1.82, 2.24) is 0 Å². The van der Waals surface area contributed by atoms with Gasteiger partial charge in [-0.15, -0.1) is 0 Å². The summed E-state index contributed by atoms with van der Waals surface area (Å²) in [7, 11) is 1.46. The number of allylic oxidation sites excluding steroid dienone is 4. The maximum atomic E-state index is 12.9. The van der Waals surface area contributed by atoms with Crippen molar-refractivity contribution in [3.8, 4) is 0 Å². The molecule has 2 saturated carbocycles. The predicted octanol–water partition coefficient (Wildman–Crippen LogP) is 3.91. The van der Waals surface area contributed by atoms with Crippen LogP contribution in [0.1, 0.15) is 65.2 Å². The molecule has 5 nitrogen and oxygen atoms in total. The summed E-state index contributed by atoms with van der Waals surface area (Å²) >= 11 is 0. The fourth-order valence-electron chi connectivity index (χ4n) is 7.53. The number of fused-ring (bicyclic) bond motifs is 6. The molecule has 6 atom stereocenters. The molecule has 0 radical (unpaired) electrons. The van der Waals surface area contributed by atoms with Crippen LogP contribution in [0.4, 0.5) is 0 Å². The van der Waals surface area contributed by atoms with E-state index in [4.69, 9.17) is 9.47 Å². The Balaban J connectivity index is 1.63. The Morgan fingerprint density at radius 3 is 2.66 bits per heavy atom. The van der Waals surface area contributed by atoms with E-state index in [2.05, 4.69) is 19.9 Å². The first-order valence-electron chi connectivity index (χ1n) is 11.0. The zero-order valence-electron chi connectivity index (χ0n) is 17.6. The van der Waals surface area contributed by atoms with Gasteiger partial charge in [-0.25, -0.2) is 0 Å². The third-order valence-corrected chi connectivity index (χ3v) is 9.23. The Labute approximate surface area is 171 Å². The first kappa shape index (κ1) is 19.1. The number of ether oxygens (including phenoxy) is 2. The fourth-order valence-corrected chi connectivity index (χ4v) is 7.53. The fraction of sp³-hybridized carbons (Fsp3) is 0.708. The maximum absolute atomic E-state index is 12.9. The molecule has 0 aromatic heterocycles. The molecule has 4 aliphatic carbocycles. The largest absolute Gasteiger partial charge is 0.469 e. The molecule has 0 unspecified atom stereocenters. The summed E-state index contributed by atoms with van der Waals surface area (Å²) < 4.78 is 11.2. The van der Waals surface area contributed by atoms with Crippen molar-refractivity contribution in [3.63, 3.8) is 0 Å². The minimum Gasteiger partial charge on any atom is -0.469 e. The lowest BCUT2D eigenvalue weighted by Gasteiger charge is -2.56. The average Bonchev–Trinajstić information content (AvgIpc) is 3.22. The lowest BCUT2D eigenvalue weighted by molar-refractivity contribution is -0.163. The molecule has 1 aliphatic heterocycles. The lowest BCUT2D eigenvalue weighted by atomic mass is 9.48. The molecular weight excluding hydrogens is 368 g/mol. The van der Waals surface area contributed by atoms with Gasteiger partial charge in [0.05, 0.1) is 13.0 Å². The van der Waals surface area contributed by atoms with Crippen LogP contribution in [0.3, 0.4) is 0 Å². The zero-order valence-corrected chi connectivity index (χ0v) is 17.6. The number of hydrogen-bond donors (Lipinski definition) is 0. The molecule has 156 valence electrons. The van der Waals surface area contributed by atoms with Crippen molar-refractivity contribution in [2.75, 3.05) is 7.11 Å². The second-order valence-corrected chi connectivity index (χ2v) is 10.2. The van der Waals surface area contributed by atoms with Crippen molar-refractivity contribution in [1.29, 1.82) is 0 Å². The molecule has 3 fully saturated rings. The van der Waals surface area contributed by atoms with Gasteiger partial charge in [-0.3, -0.25) is 14.4 Å². The summed E-state index contributed by atoms with van der Waals surface area (Å²) in [6.45, 7) is 4.52. The normalized spacial score (nSPS) is 45.7. The van der Waals surface area contributed by atoms with Crippen molar-refractivity contribution < 1.29 is 23.9 Å². The average molecular weight is 398 g/mol. The van der Waals surface area contributed by atoms with Crippen molar-refractivity contribution in [3.05, 3.63) is 23.3 Å². The molecule has 5 aliphatic rings. The predicted molar refractivity (Wildman–Crippen MR) is 106 cm³/mol. The Morgan fingerprint density at radius 1 is 1.17 bits per heavy atom. The second-order valence-electron chi connectivity index (χ2n) is 10.2. The smallest absolute Gasteiger partial charge is 0.309 e. The highest BCUT2D eigenvalue weighted by atomic mass is 16.6. The molecule has 1 saturated heterocycles. The van der Waals surface area contributed by atoms with Crippen LogP contribution in [0.25, 0.3) is 0 Å². The van der Waals surface area contributed by atoms with Crippen LogP contribution < -0.4 is 0 Å². The van der Waals surface area contributed by atoms with E-state index in [1.54, 1.807) is 6.08 Å². The molecule has 0 N–H and O–H groups in total. The number of ketones is 1. The van der Waals surface area contributed by atoms with Crippen molar-refractivity contribution >= 4 is 17.7 Å². The van der Waals surface area contributed by atoms with Gasteiger partial charge in [-0.2, -0.15) is 0 Å². The summed E-state index contributed by atoms with van der Waals surface area (Å²) in [5.74, 6) is 0.00356. The number of rotatable bonds is 1. The first-order chi connectivity index (χ1) is 13.7. The van der Waals surface area contributed by atoms with Gasteiger partial charge in [0.2, 0.25) is 0 Å². The number of hydrogen-bond acceptors (Lipinski definition) is 5. The topological polar surface area (TPSA) is 69.7 Å².